The molecule has 0 aromatic rings. The van der Waals surface area contributed by atoms with Gasteiger partial charge < -0.3 is 10.6 Å². The fraction of sp³-hybridized carbons (Fsp3) is 0.800. The Morgan fingerprint density at radius 1 is 1.00 bits per heavy atom. The second-order valence-corrected chi connectivity index (χ2v) is 3.01. The van der Waals surface area contributed by atoms with Crippen molar-refractivity contribution in [2.75, 3.05) is 27.2 Å². The van der Waals surface area contributed by atoms with Crippen molar-refractivity contribution in [3.63, 3.8) is 0 Å². The highest BCUT2D eigenvalue weighted by Gasteiger charge is 1.89. The summed E-state index contributed by atoms with van der Waals surface area (Å²) in [6, 6.07) is 0. The summed E-state index contributed by atoms with van der Waals surface area (Å²) in [5.74, 6) is 0. The Bertz CT molecular complexity index is 87.1. The average molecular weight is 170 g/mol. The Hall–Kier alpha value is -0.520. The van der Waals surface area contributed by atoms with Crippen molar-refractivity contribution in [2.24, 2.45) is 5.73 Å². The van der Waals surface area contributed by atoms with E-state index in [2.05, 4.69) is 31.8 Å². The van der Waals surface area contributed by atoms with Gasteiger partial charge >= 0.3 is 0 Å². The van der Waals surface area contributed by atoms with E-state index in [-0.39, 0.29) is 0 Å². The number of nitrogens with zero attached hydrogens (tertiary/aromatic N) is 1. The molecule has 12 heavy (non-hydrogen) atoms. The lowest BCUT2D eigenvalue weighted by Crippen LogP contribution is -2.12. The Balaban J connectivity index is 0. The lowest BCUT2D eigenvalue weighted by atomic mass is 10.2. The van der Waals surface area contributed by atoms with Gasteiger partial charge in [0.1, 0.15) is 0 Å². The first-order chi connectivity index (χ1) is 5.77. The van der Waals surface area contributed by atoms with Crippen LogP contribution in [0.2, 0.25) is 0 Å². The van der Waals surface area contributed by atoms with E-state index in [4.69, 9.17) is 5.73 Å². The molecule has 0 fully saturated rings. The van der Waals surface area contributed by atoms with Crippen molar-refractivity contribution in [3.8, 4) is 12.8 Å². The van der Waals surface area contributed by atoms with E-state index in [1.165, 1.54) is 32.2 Å². The number of hydrogen-bond donors (Lipinski definition) is 1. The van der Waals surface area contributed by atoms with Crippen molar-refractivity contribution in [1.29, 1.82) is 0 Å². The maximum absolute atomic E-state index is 5.36. The third-order valence-corrected chi connectivity index (χ3v) is 1.56. The molecule has 0 aliphatic heterocycles. The van der Waals surface area contributed by atoms with E-state index in [1.807, 2.05) is 0 Å². The van der Waals surface area contributed by atoms with Gasteiger partial charge in [0.2, 0.25) is 0 Å². The van der Waals surface area contributed by atoms with Gasteiger partial charge in [-0.05, 0) is 40.0 Å². The molecular weight excluding hydrogens is 148 g/mol. The molecule has 0 heterocycles. The molecule has 2 nitrogen and oxygen atoms in total. The van der Waals surface area contributed by atoms with Crippen LogP contribution in [0.25, 0.3) is 0 Å². The Morgan fingerprint density at radius 3 is 1.92 bits per heavy atom. The summed E-state index contributed by atoms with van der Waals surface area (Å²) in [7, 11) is 4.23. The van der Waals surface area contributed by atoms with Gasteiger partial charge in [-0.2, -0.15) is 0 Å². The molecule has 2 N–H and O–H groups in total. The summed E-state index contributed by atoms with van der Waals surface area (Å²) in [5.41, 5.74) is 5.36. The number of hydrogen-bond acceptors (Lipinski definition) is 2. The van der Waals surface area contributed by atoms with Gasteiger partial charge in [0, 0.05) is 0 Å². The van der Waals surface area contributed by atoms with Crippen LogP contribution in [-0.4, -0.2) is 32.1 Å². The minimum absolute atomic E-state index is 0.849. The molecule has 0 atom stereocenters. The Kier molecular flexibility index (Phi) is 15.3. The van der Waals surface area contributed by atoms with Crippen LogP contribution < -0.4 is 5.73 Å². The normalized spacial score (nSPS) is 9.17. The van der Waals surface area contributed by atoms with E-state index in [0.717, 1.165) is 6.54 Å². The molecule has 0 amide bonds. The molecule has 0 spiro atoms. The first-order valence-corrected chi connectivity index (χ1v) is 4.45. The molecule has 0 radical (unpaired) electrons. The third-order valence-electron chi connectivity index (χ3n) is 1.56. The second kappa shape index (κ2) is 13.1. The van der Waals surface area contributed by atoms with Crippen LogP contribution in [0.1, 0.15) is 25.7 Å². The summed E-state index contributed by atoms with van der Waals surface area (Å²) >= 11 is 0. The van der Waals surface area contributed by atoms with E-state index in [1.54, 1.807) is 0 Å². The predicted molar refractivity (Wildman–Crippen MR) is 56.0 cm³/mol. The van der Waals surface area contributed by atoms with Gasteiger partial charge in [-0.15, -0.1) is 12.8 Å². The minimum Gasteiger partial charge on any atom is -0.330 e. The second-order valence-electron chi connectivity index (χ2n) is 3.01. The zero-order valence-electron chi connectivity index (χ0n) is 8.42. The largest absolute Gasteiger partial charge is 0.330 e. The van der Waals surface area contributed by atoms with Gasteiger partial charge in [0.25, 0.3) is 0 Å². The first kappa shape index (κ1) is 14.0. The van der Waals surface area contributed by atoms with Gasteiger partial charge in [-0.25, -0.2) is 0 Å². The number of rotatable bonds is 6. The van der Waals surface area contributed by atoms with Gasteiger partial charge in [-0.1, -0.05) is 12.8 Å². The SMILES string of the molecule is C#C.CN(C)CCCCCCN. The first-order valence-electron chi connectivity index (χ1n) is 4.45. The van der Waals surface area contributed by atoms with Crippen LogP contribution in [0.3, 0.4) is 0 Å². The molecule has 2 heteroatoms. The van der Waals surface area contributed by atoms with Crippen LogP contribution in [0.4, 0.5) is 0 Å². The maximum Gasteiger partial charge on any atom is -0.00248 e. The maximum atomic E-state index is 5.36. The van der Waals surface area contributed by atoms with Gasteiger partial charge in [0.15, 0.2) is 0 Å². The summed E-state index contributed by atoms with van der Waals surface area (Å²) < 4.78 is 0. The van der Waals surface area contributed by atoms with Crippen molar-refractivity contribution in [1.82, 2.24) is 4.90 Å². The molecule has 0 aliphatic rings. The zero-order valence-corrected chi connectivity index (χ0v) is 8.42. The molecule has 0 saturated heterocycles. The smallest absolute Gasteiger partial charge is 0.00248 e. The molecule has 0 aromatic carbocycles. The van der Waals surface area contributed by atoms with Crippen molar-refractivity contribution in [3.05, 3.63) is 0 Å². The molecule has 0 saturated carbocycles. The van der Waals surface area contributed by atoms with Crippen molar-refractivity contribution >= 4 is 0 Å². The topological polar surface area (TPSA) is 29.3 Å². The van der Waals surface area contributed by atoms with Crippen molar-refractivity contribution in [2.45, 2.75) is 25.7 Å². The number of nitrogens with two attached hydrogens (primary N) is 1. The summed E-state index contributed by atoms with van der Waals surface area (Å²) in [5, 5.41) is 0. The van der Waals surface area contributed by atoms with Crippen LogP contribution in [-0.2, 0) is 0 Å². The fourth-order valence-electron chi connectivity index (χ4n) is 0.926. The average Bonchev–Trinajstić information content (AvgIpc) is 2.07. The molecule has 0 unspecified atom stereocenters. The molecule has 0 rings (SSSR count). The van der Waals surface area contributed by atoms with Crippen LogP contribution >= 0.6 is 0 Å². The minimum atomic E-state index is 0.849. The Morgan fingerprint density at radius 2 is 1.50 bits per heavy atom. The summed E-state index contributed by atoms with van der Waals surface area (Å²) in [6.45, 7) is 2.06. The van der Waals surface area contributed by atoms with E-state index < -0.39 is 0 Å². The highest BCUT2D eigenvalue weighted by atomic mass is 15.0. The lowest BCUT2D eigenvalue weighted by molar-refractivity contribution is 0.390. The van der Waals surface area contributed by atoms with E-state index in [0.29, 0.717) is 0 Å². The fourth-order valence-corrected chi connectivity index (χ4v) is 0.926. The van der Waals surface area contributed by atoms with Gasteiger partial charge in [0.05, 0.1) is 0 Å². The van der Waals surface area contributed by atoms with Crippen LogP contribution in [0.15, 0.2) is 0 Å². The third kappa shape index (κ3) is 16.2. The van der Waals surface area contributed by atoms with Gasteiger partial charge in [-0.3, -0.25) is 0 Å². The highest BCUT2D eigenvalue weighted by Crippen LogP contribution is 1.98. The number of unbranched alkanes of at least 4 members (excludes halogenated alkanes) is 3. The highest BCUT2D eigenvalue weighted by molar-refractivity contribution is 4.47. The zero-order chi connectivity index (χ0) is 9.82. The molecule has 0 bridgehead atoms. The standard InChI is InChI=1S/C8H20N2.C2H2/c1-10(2)8-6-4-3-5-7-9;1-2/h3-9H2,1-2H3;1-2H. The predicted octanol–water partition coefficient (Wildman–Crippen LogP) is 1.32. The van der Waals surface area contributed by atoms with Crippen LogP contribution in [0.5, 0.6) is 0 Å². The monoisotopic (exact) mass is 170 g/mol. The quantitative estimate of drug-likeness (QED) is 0.481. The van der Waals surface area contributed by atoms with E-state index in [9.17, 15) is 0 Å². The summed E-state index contributed by atoms with van der Waals surface area (Å²) in [4.78, 5) is 2.22. The van der Waals surface area contributed by atoms with Crippen LogP contribution in [0, 0.1) is 12.8 Å². The van der Waals surface area contributed by atoms with Crippen molar-refractivity contribution < 1.29 is 0 Å². The Labute approximate surface area is 77.1 Å². The number of terminal acetylenes is 1. The molecule has 0 aromatic heterocycles. The lowest BCUT2D eigenvalue weighted by Gasteiger charge is -2.07. The molecule has 72 valence electrons. The molecular formula is C10H22N2. The molecule has 0 aliphatic carbocycles. The van der Waals surface area contributed by atoms with E-state index >= 15 is 0 Å². The summed E-state index contributed by atoms with van der Waals surface area (Å²) in [6.07, 6.45) is 13.1.